The number of hydrogen-bond donors (Lipinski definition) is 1. The zero-order valence-electron chi connectivity index (χ0n) is 16.3. The lowest BCUT2D eigenvalue weighted by Gasteiger charge is -2.17. The first-order chi connectivity index (χ1) is 14.5. The lowest BCUT2D eigenvalue weighted by atomic mass is 10.1. The fourth-order valence-electron chi connectivity index (χ4n) is 3.35. The molecule has 1 saturated heterocycles. The number of benzene rings is 1. The summed E-state index contributed by atoms with van der Waals surface area (Å²) in [7, 11) is 1.57. The van der Waals surface area contributed by atoms with Crippen LogP contribution in [0.3, 0.4) is 0 Å². The second-order valence-corrected chi connectivity index (χ2v) is 8.07. The highest BCUT2D eigenvalue weighted by Gasteiger charge is 2.35. The third-order valence-electron chi connectivity index (χ3n) is 4.93. The van der Waals surface area contributed by atoms with Crippen LogP contribution in [0.25, 0.3) is 0 Å². The first-order valence-corrected chi connectivity index (χ1v) is 10.3. The minimum atomic E-state index is -0.423. The summed E-state index contributed by atoms with van der Waals surface area (Å²) in [6.45, 7) is 0.628. The quantitative estimate of drug-likeness (QED) is 0.588. The maximum absolute atomic E-state index is 12.6. The van der Waals surface area contributed by atoms with E-state index in [-0.39, 0.29) is 29.8 Å². The lowest BCUT2D eigenvalue weighted by Crippen LogP contribution is -2.32. The van der Waals surface area contributed by atoms with Crippen molar-refractivity contribution in [3.63, 3.8) is 0 Å². The van der Waals surface area contributed by atoms with Crippen LogP contribution in [0.1, 0.15) is 26.7 Å². The summed E-state index contributed by atoms with van der Waals surface area (Å²) < 4.78 is 10.3. The van der Waals surface area contributed by atoms with Crippen LogP contribution in [0.4, 0.5) is 5.69 Å². The summed E-state index contributed by atoms with van der Waals surface area (Å²) in [5.41, 5.74) is 0.717. The Labute approximate surface area is 177 Å². The van der Waals surface area contributed by atoms with Gasteiger partial charge in [0.15, 0.2) is 5.76 Å². The molecule has 1 atom stereocenters. The first kappa shape index (κ1) is 19.9. The van der Waals surface area contributed by atoms with Crippen LogP contribution in [0.15, 0.2) is 59.2 Å². The molecule has 0 saturated carbocycles. The van der Waals surface area contributed by atoms with E-state index in [0.717, 1.165) is 4.88 Å². The Hall–Kier alpha value is -3.39. The summed E-state index contributed by atoms with van der Waals surface area (Å²) in [5, 5.41) is 2.88. The van der Waals surface area contributed by atoms with Crippen molar-refractivity contribution in [2.75, 3.05) is 18.6 Å². The van der Waals surface area contributed by atoms with Crippen molar-refractivity contribution in [1.82, 2.24) is 5.32 Å². The molecule has 1 unspecified atom stereocenters. The highest BCUT2D eigenvalue weighted by Crippen LogP contribution is 2.28. The van der Waals surface area contributed by atoms with Gasteiger partial charge in [-0.2, -0.15) is 0 Å². The van der Waals surface area contributed by atoms with Gasteiger partial charge in [0.2, 0.25) is 17.6 Å². The minimum Gasteiger partial charge on any atom is -0.497 e. The number of anilines is 1. The van der Waals surface area contributed by atoms with Crippen molar-refractivity contribution in [3.8, 4) is 5.75 Å². The molecule has 4 rings (SSSR count). The van der Waals surface area contributed by atoms with Crippen LogP contribution in [0.5, 0.6) is 5.75 Å². The van der Waals surface area contributed by atoms with Crippen LogP contribution >= 0.6 is 11.3 Å². The molecule has 0 radical (unpaired) electrons. The number of furan rings is 1. The number of carbonyl (C=O) groups excluding carboxylic acids is 3. The van der Waals surface area contributed by atoms with E-state index in [2.05, 4.69) is 5.32 Å². The molecular formula is C22H20N2O5S. The maximum atomic E-state index is 12.6. The van der Waals surface area contributed by atoms with E-state index >= 15 is 0 Å². The number of methoxy groups -OCH3 is 1. The van der Waals surface area contributed by atoms with Gasteiger partial charge in [0, 0.05) is 29.6 Å². The van der Waals surface area contributed by atoms with Crippen molar-refractivity contribution >= 4 is 34.6 Å². The monoisotopic (exact) mass is 424 g/mol. The average Bonchev–Trinajstić information content (AvgIpc) is 3.52. The van der Waals surface area contributed by atoms with Crippen LogP contribution in [0, 0.1) is 5.92 Å². The Kier molecular flexibility index (Phi) is 5.67. The summed E-state index contributed by atoms with van der Waals surface area (Å²) in [5.74, 6) is 0.0676. The maximum Gasteiger partial charge on any atom is 0.238 e. The number of rotatable bonds is 7. The summed E-state index contributed by atoms with van der Waals surface area (Å²) >= 11 is 1.31. The highest BCUT2D eigenvalue weighted by atomic mass is 32.1. The zero-order chi connectivity index (χ0) is 21.1. The van der Waals surface area contributed by atoms with Crippen molar-refractivity contribution in [3.05, 3.63) is 70.3 Å². The number of hydrogen-bond acceptors (Lipinski definition) is 6. The number of thiophene rings is 1. The largest absolute Gasteiger partial charge is 0.497 e. The topological polar surface area (TPSA) is 88.8 Å². The molecular weight excluding hydrogens is 404 g/mol. The second-order valence-electron chi connectivity index (χ2n) is 6.90. The predicted molar refractivity (Wildman–Crippen MR) is 112 cm³/mol. The fraction of sp³-hybridized carbons (Fsp3) is 0.227. The molecule has 1 aliphatic heterocycles. The number of carbonyl (C=O) groups is 3. The van der Waals surface area contributed by atoms with E-state index < -0.39 is 5.92 Å². The Bertz CT molecular complexity index is 1070. The molecule has 3 aromatic rings. The molecule has 154 valence electrons. The lowest BCUT2D eigenvalue weighted by molar-refractivity contribution is -0.126. The molecule has 0 bridgehead atoms. The number of ketones is 1. The van der Waals surface area contributed by atoms with E-state index in [0.29, 0.717) is 29.4 Å². The van der Waals surface area contributed by atoms with Crippen LogP contribution in [-0.4, -0.2) is 31.3 Å². The van der Waals surface area contributed by atoms with Crippen molar-refractivity contribution in [1.29, 1.82) is 0 Å². The van der Waals surface area contributed by atoms with Crippen molar-refractivity contribution < 1.29 is 23.5 Å². The Morgan fingerprint density at radius 2 is 2.10 bits per heavy atom. The number of nitrogens with one attached hydrogen (secondary N) is 1. The van der Waals surface area contributed by atoms with E-state index in [1.165, 1.54) is 17.6 Å². The van der Waals surface area contributed by atoms with Gasteiger partial charge in [0.1, 0.15) is 5.75 Å². The third-order valence-corrected chi connectivity index (χ3v) is 6.01. The zero-order valence-corrected chi connectivity index (χ0v) is 17.1. The molecule has 1 aliphatic rings. The number of ether oxygens (including phenoxy) is 1. The van der Waals surface area contributed by atoms with Gasteiger partial charge in [0.05, 0.1) is 30.7 Å². The van der Waals surface area contributed by atoms with Gasteiger partial charge in [-0.05, 0) is 36.4 Å². The molecule has 8 heteroatoms. The molecule has 7 nitrogen and oxygen atoms in total. The summed E-state index contributed by atoms with van der Waals surface area (Å²) in [4.78, 5) is 40.3. The molecule has 30 heavy (non-hydrogen) atoms. The fourth-order valence-corrected chi connectivity index (χ4v) is 4.25. The second kappa shape index (κ2) is 8.54. The molecule has 1 aromatic carbocycles. The number of amides is 2. The molecule has 0 spiro atoms. The molecule has 2 amide bonds. The predicted octanol–water partition coefficient (Wildman–Crippen LogP) is 3.25. The Morgan fingerprint density at radius 1 is 1.23 bits per heavy atom. The molecule has 0 aliphatic carbocycles. The normalized spacial score (nSPS) is 16.0. The summed E-state index contributed by atoms with van der Waals surface area (Å²) in [6, 6.07) is 14.0. The molecule has 2 aromatic heterocycles. The van der Waals surface area contributed by atoms with Crippen molar-refractivity contribution in [2.45, 2.75) is 13.0 Å². The van der Waals surface area contributed by atoms with Crippen LogP contribution in [-0.2, 0) is 16.1 Å². The van der Waals surface area contributed by atoms with Crippen LogP contribution in [0.2, 0.25) is 0 Å². The molecule has 1 fully saturated rings. The van der Waals surface area contributed by atoms with Gasteiger partial charge in [0.25, 0.3) is 0 Å². The van der Waals surface area contributed by atoms with Gasteiger partial charge in [-0.15, -0.1) is 11.3 Å². The first-order valence-electron chi connectivity index (χ1n) is 9.44. The Balaban J connectivity index is 1.35. The van der Waals surface area contributed by atoms with Crippen LogP contribution < -0.4 is 15.0 Å². The Morgan fingerprint density at radius 3 is 2.87 bits per heavy atom. The SMILES string of the molecule is COc1cccc(N2CC(C(=O)NCc3ccc(C(=O)c4ccco4)s3)CC2=O)c1. The van der Waals surface area contributed by atoms with Gasteiger partial charge in [-0.1, -0.05) is 6.07 Å². The minimum absolute atomic E-state index is 0.0918. The van der Waals surface area contributed by atoms with Gasteiger partial charge >= 0.3 is 0 Å². The summed E-state index contributed by atoms with van der Waals surface area (Å²) in [6.07, 6.45) is 1.62. The van der Waals surface area contributed by atoms with Gasteiger partial charge in [-0.25, -0.2) is 0 Å². The standard InChI is InChI=1S/C22H20N2O5S/c1-28-16-5-2-4-15(11-16)24-13-14(10-20(24)25)22(27)23-12-17-7-8-19(30-17)21(26)18-6-3-9-29-18/h2-9,11,14H,10,12-13H2,1H3,(H,23,27). The highest BCUT2D eigenvalue weighted by molar-refractivity contribution is 7.14. The molecule has 1 N–H and O–H groups in total. The van der Waals surface area contributed by atoms with Gasteiger partial charge in [-0.3, -0.25) is 14.4 Å². The smallest absolute Gasteiger partial charge is 0.238 e. The number of nitrogens with zero attached hydrogens (tertiary/aromatic N) is 1. The van der Waals surface area contributed by atoms with Crippen molar-refractivity contribution in [2.24, 2.45) is 5.92 Å². The van der Waals surface area contributed by atoms with E-state index in [4.69, 9.17) is 9.15 Å². The van der Waals surface area contributed by atoms with E-state index in [1.54, 1.807) is 42.3 Å². The van der Waals surface area contributed by atoms with Gasteiger partial charge < -0.3 is 19.4 Å². The van der Waals surface area contributed by atoms with E-state index in [1.807, 2.05) is 18.2 Å². The van der Waals surface area contributed by atoms with E-state index in [9.17, 15) is 14.4 Å². The third kappa shape index (κ3) is 4.13. The average molecular weight is 424 g/mol. The molecule has 3 heterocycles.